The lowest BCUT2D eigenvalue weighted by atomic mass is 10.2. The van der Waals surface area contributed by atoms with Gasteiger partial charge in [-0.1, -0.05) is 12.1 Å². The molecule has 0 amide bonds. The maximum absolute atomic E-state index is 5.00. The second-order valence-electron chi connectivity index (χ2n) is 3.75. The van der Waals surface area contributed by atoms with Crippen molar-refractivity contribution < 1.29 is 4.74 Å². The summed E-state index contributed by atoms with van der Waals surface area (Å²) in [6.45, 7) is 4.02. The van der Waals surface area contributed by atoms with Gasteiger partial charge in [0.2, 0.25) is 0 Å². The van der Waals surface area contributed by atoms with Gasteiger partial charge in [-0.25, -0.2) is 0 Å². The van der Waals surface area contributed by atoms with Gasteiger partial charge in [0.1, 0.15) is 0 Å². The van der Waals surface area contributed by atoms with Crippen LogP contribution in [0.15, 0.2) is 24.3 Å². The molecule has 0 fully saturated rings. The minimum absolute atomic E-state index is 0.873. The van der Waals surface area contributed by atoms with Crippen molar-refractivity contribution in [3.63, 3.8) is 0 Å². The summed E-state index contributed by atoms with van der Waals surface area (Å²) in [5.41, 5.74) is 2.52. The normalized spacial score (nSPS) is 10.4. The molecule has 0 aliphatic carbocycles. The monoisotopic (exact) mass is 239 g/mol. The van der Waals surface area contributed by atoms with Gasteiger partial charge in [-0.05, 0) is 36.8 Å². The molecule has 0 aliphatic rings. The zero-order valence-corrected chi connectivity index (χ0v) is 11.0. The Kier molecular flexibility index (Phi) is 7.10. The van der Waals surface area contributed by atoms with Gasteiger partial charge in [-0.15, -0.1) is 0 Å². The molecule has 0 aromatic heterocycles. The maximum atomic E-state index is 5.00. The number of benzene rings is 1. The molecule has 0 unspecified atom stereocenters. The predicted octanol–water partition coefficient (Wildman–Crippen LogP) is 3.18. The molecule has 1 aromatic carbocycles. The van der Waals surface area contributed by atoms with Crippen LogP contribution in [0.25, 0.3) is 0 Å². The largest absolute Gasteiger partial charge is 0.385 e. The summed E-state index contributed by atoms with van der Waals surface area (Å²) in [5, 5.41) is 3.42. The fourth-order valence-electron chi connectivity index (χ4n) is 1.43. The van der Waals surface area contributed by atoms with Crippen molar-refractivity contribution in [2.75, 3.05) is 37.1 Å². The van der Waals surface area contributed by atoms with Crippen LogP contribution in [0.5, 0.6) is 0 Å². The van der Waals surface area contributed by atoms with E-state index in [0.717, 1.165) is 25.3 Å². The number of nitrogens with one attached hydrogen (secondary N) is 1. The molecule has 90 valence electrons. The van der Waals surface area contributed by atoms with Crippen molar-refractivity contribution in [1.82, 2.24) is 0 Å². The van der Waals surface area contributed by atoms with E-state index in [4.69, 9.17) is 4.74 Å². The van der Waals surface area contributed by atoms with Crippen molar-refractivity contribution in [2.45, 2.75) is 13.3 Å². The van der Waals surface area contributed by atoms with Gasteiger partial charge in [0.15, 0.2) is 0 Å². The van der Waals surface area contributed by atoms with Gasteiger partial charge in [0, 0.05) is 31.7 Å². The molecule has 0 aliphatic heterocycles. The Morgan fingerprint density at radius 2 is 2.19 bits per heavy atom. The lowest BCUT2D eigenvalue weighted by Gasteiger charge is -2.06. The highest BCUT2D eigenvalue weighted by Crippen LogP contribution is 2.10. The number of ether oxygens (including phenoxy) is 1. The van der Waals surface area contributed by atoms with E-state index in [1.807, 2.05) is 11.8 Å². The number of hydrogen-bond donors (Lipinski definition) is 1. The van der Waals surface area contributed by atoms with Crippen LogP contribution in [0.1, 0.15) is 12.0 Å². The van der Waals surface area contributed by atoms with Gasteiger partial charge in [0.25, 0.3) is 0 Å². The molecule has 0 bridgehead atoms. The molecule has 0 saturated carbocycles. The van der Waals surface area contributed by atoms with Crippen LogP contribution in [-0.4, -0.2) is 31.8 Å². The highest BCUT2D eigenvalue weighted by molar-refractivity contribution is 7.99. The van der Waals surface area contributed by atoms with E-state index < -0.39 is 0 Å². The highest BCUT2D eigenvalue weighted by Gasteiger charge is 1.92. The first kappa shape index (κ1) is 13.4. The standard InChI is InChI=1S/C13H21NOS/c1-12-5-3-6-13(11-12)14-7-10-16-9-4-8-15-2/h3,5-6,11,14H,4,7-10H2,1-2H3. The number of hydrogen-bond acceptors (Lipinski definition) is 3. The second-order valence-corrected chi connectivity index (χ2v) is 4.98. The van der Waals surface area contributed by atoms with Gasteiger partial charge >= 0.3 is 0 Å². The maximum Gasteiger partial charge on any atom is 0.0470 e. The topological polar surface area (TPSA) is 21.3 Å². The van der Waals surface area contributed by atoms with Crippen LogP contribution in [0.4, 0.5) is 5.69 Å². The van der Waals surface area contributed by atoms with Crippen molar-refractivity contribution in [3.8, 4) is 0 Å². The molecule has 1 N–H and O–H groups in total. The average molecular weight is 239 g/mol. The summed E-state index contributed by atoms with van der Waals surface area (Å²) in [7, 11) is 1.75. The SMILES string of the molecule is COCCCSCCNc1cccc(C)c1. The van der Waals surface area contributed by atoms with Gasteiger partial charge in [0.05, 0.1) is 0 Å². The van der Waals surface area contributed by atoms with Crippen LogP contribution in [-0.2, 0) is 4.74 Å². The van der Waals surface area contributed by atoms with E-state index in [0.29, 0.717) is 0 Å². The first-order valence-corrected chi connectivity index (χ1v) is 6.85. The third kappa shape index (κ3) is 6.03. The summed E-state index contributed by atoms with van der Waals surface area (Å²) in [6.07, 6.45) is 1.14. The predicted molar refractivity (Wildman–Crippen MR) is 73.5 cm³/mol. The third-order valence-corrected chi connectivity index (χ3v) is 3.30. The second kappa shape index (κ2) is 8.48. The molecule has 0 spiro atoms. The van der Waals surface area contributed by atoms with Crippen LogP contribution in [0, 0.1) is 6.92 Å². The van der Waals surface area contributed by atoms with E-state index >= 15 is 0 Å². The number of aryl methyl sites for hydroxylation is 1. The molecular formula is C13H21NOS. The minimum Gasteiger partial charge on any atom is -0.385 e. The van der Waals surface area contributed by atoms with Gasteiger partial charge in [-0.2, -0.15) is 11.8 Å². The summed E-state index contributed by atoms with van der Waals surface area (Å²) in [6, 6.07) is 8.49. The van der Waals surface area contributed by atoms with E-state index in [1.165, 1.54) is 17.0 Å². The van der Waals surface area contributed by atoms with Crippen LogP contribution < -0.4 is 5.32 Å². The molecule has 0 radical (unpaired) electrons. The molecule has 2 nitrogen and oxygen atoms in total. The Balaban J connectivity index is 2.03. The summed E-state index contributed by atoms with van der Waals surface area (Å²) < 4.78 is 5.00. The lowest BCUT2D eigenvalue weighted by molar-refractivity contribution is 0.200. The van der Waals surface area contributed by atoms with E-state index in [1.54, 1.807) is 7.11 Å². The van der Waals surface area contributed by atoms with Crippen LogP contribution in [0.2, 0.25) is 0 Å². The van der Waals surface area contributed by atoms with Crippen molar-refractivity contribution in [2.24, 2.45) is 0 Å². The molecule has 0 saturated heterocycles. The van der Waals surface area contributed by atoms with Crippen molar-refractivity contribution in [1.29, 1.82) is 0 Å². The Bertz CT molecular complexity index is 291. The van der Waals surface area contributed by atoms with Crippen LogP contribution >= 0.6 is 11.8 Å². The van der Waals surface area contributed by atoms with Crippen molar-refractivity contribution >= 4 is 17.4 Å². The summed E-state index contributed by atoms with van der Waals surface area (Å²) >= 11 is 1.97. The number of anilines is 1. The third-order valence-electron chi connectivity index (χ3n) is 2.23. The van der Waals surface area contributed by atoms with Gasteiger partial charge in [-0.3, -0.25) is 0 Å². The first-order chi connectivity index (χ1) is 7.83. The zero-order chi connectivity index (χ0) is 11.6. The molecule has 16 heavy (non-hydrogen) atoms. The number of thioether (sulfide) groups is 1. The Morgan fingerprint density at radius 3 is 2.94 bits per heavy atom. The minimum atomic E-state index is 0.873. The molecule has 0 heterocycles. The fraction of sp³-hybridized carbons (Fsp3) is 0.538. The summed E-state index contributed by atoms with van der Waals surface area (Å²) in [4.78, 5) is 0. The Labute approximate surface area is 103 Å². The smallest absolute Gasteiger partial charge is 0.0470 e. The Morgan fingerprint density at radius 1 is 1.31 bits per heavy atom. The molecular weight excluding hydrogens is 218 g/mol. The highest BCUT2D eigenvalue weighted by atomic mass is 32.2. The van der Waals surface area contributed by atoms with Crippen LogP contribution in [0.3, 0.4) is 0 Å². The van der Waals surface area contributed by atoms with E-state index in [9.17, 15) is 0 Å². The number of methoxy groups -OCH3 is 1. The lowest BCUT2D eigenvalue weighted by Crippen LogP contribution is -2.04. The van der Waals surface area contributed by atoms with E-state index in [-0.39, 0.29) is 0 Å². The average Bonchev–Trinajstić information content (AvgIpc) is 2.28. The molecule has 1 rings (SSSR count). The zero-order valence-electron chi connectivity index (χ0n) is 10.2. The molecule has 1 aromatic rings. The van der Waals surface area contributed by atoms with Crippen molar-refractivity contribution in [3.05, 3.63) is 29.8 Å². The first-order valence-electron chi connectivity index (χ1n) is 5.70. The molecule has 3 heteroatoms. The quantitative estimate of drug-likeness (QED) is 0.704. The Hall–Kier alpha value is -0.670. The van der Waals surface area contributed by atoms with Gasteiger partial charge < -0.3 is 10.1 Å². The number of rotatable bonds is 8. The fourth-order valence-corrected chi connectivity index (χ4v) is 2.20. The van der Waals surface area contributed by atoms with E-state index in [2.05, 4.69) is 36.5 Å². The molecule has 0 atom stereocenters. The summed E-state index contributed by atoms with van der Waals surface area (Å²) in [5.74, 6) is 2.33.